The number of nitrogens with one attached hydrogen (secondary N) is 2. The molecule has 2 rings (SSSR count). The first kappa shape index (κ1) is 15.5. The maximum Gasteiger partial charge on any atom is 0.254 e. The molecule has 1 aromatic heterocycles. The van der Waals surface area contributed by atoms with Crippen molar-refractivity contribution in [2.24, 2.45) is 0 Å². The van der Waals surface area contributed by atoms with Crippen molar-refractivity contribution in [3.8, 4) is 0 Å². The van der Waals surface area contributed by atoms with E-state index in [1.165, 1.54) is 17.9 Å². The molecule has 0 aliphatic heterocycles. The van der Waals surface area contributed by atoms with Crippen LogP contribution >= 0.6 is 0 Å². The van der Waals surface area contributed by atoms with Crippen LogP contribution < -0.4 is 10.1 Å². The Bertz CT molecular complexity index is 559. The standard InChI is InChI=1S/C13H24N4O2S/c1-10(2)17-9-13(20(18,19)15-16(3)4)7-12(17)8-14-11-5-6-11/h7,9-11,14-15H,5-6,8H2,1-4H3. The summed E-state index contributed by atoms with van der Waals surface area (Å²) in [4.78, 5) is 2.78. The van der Waals surface area contributed by atoms with Gasteiger partial charge in [0.05, 0.1) is 0 Å². The quantitative estimate of drug-likeness (QED) is 0.740. The van der Waals surface area contributed by atoms with Gasteiger partial charge in [-0.1, -0.05) is 0 Å². The van der Waals surface area contributed by atoms with Crippen LogP contribution in [-0.2, 0) is 16.6 Å². The molecule has 1 fully saturated rings. The summed E-state index contributed by atoms with van der Waals surface area (Å²) in [7, 11) is -0.172. The lowest BCUT2D eigenvalue weighted by Crippen LogP contribution is -2.35. The maximum absolute atomic E-state index is 12.2. The number of sulfonamides is 1. The Morgan fingerprint density at radius 2 is 2.05 bits per heavy atom. The van der Waals surface area contributed by atoms with Crippen molar-refractivity contribution in [2.45, 2.75) is 50.2 Å². The number of hydrogen-bond donors (Lipinski definition) is 2. The van der Waals surface area contributed by atoms with E-state index in [1.54, 1.807) is 26.4 Å². The average Bonchev–Trinajstić information content (AvgIpc) is 3.02. The topological polar surface area (TPSA) is 66.4 Å². The first-order valence-corrected chi connectivity index (χ1v) is 8.42. The predicted octanol–water partition coefficient (Wildman–Crippen LogP) is 1.08. The lowest BCUT2D eigenvalue weighted by molar-refractivity contribution is 0.364. The molecule has 0 saturated heterocycles. The van der Waals surface area contributed by atoms with Crippen LogP contribution in [0.1, 0.15) is 38.4 Å². The van der Waals surface area contributed by atoms with Gasteiger partial charge in [0.2, 0.25) is 0 Å². The summed E-state index contributed by atoms with van der Waals surface area (Å²) in [6.07, 6.45) is 4.14. The van der Waals surface area contributed by atoms with Gasteiger partial charge in [-0.15, -0.1) is 4.83 Å². The van der Waals surface area contributed by atoms with Crippen molar-refractivity contribution in [1.29, 1.82) is 0 Å². The SMILES string of the molecule is CC(C)n1cc(S(=O)(=O)NN(C)C)cc1CNC1CC1. The molecule has 20 heavy (non-hydrogen) atoms. The van der Waals surface area contributed by atoms with Gasteiger partial charge < -0.3 is 9.88 Å². The van der Waals surface area contributed by atoms with Crippen LogP contribution in [0.4, 0.5) is 0 Å². The van der Waals surface area contributed by atoms with Crippen LogP contribution in [-0.4, -0.2) is 38.1 Å². The van der Waals surface area contributed by atoms with Gasteiger partial charge >= 0.3 is 0 Å². The Labute approximate surface area is 121 Å². The molecule has 0 spiro atoms. The first-order valence-electron chi connectivity index (χ1n) is 6.93. The van der Waals surface area contributed by atoms with Crippen molar-refractivity contribution in [1.82, 2.24) is 19.7 Å². The van der Waals surface area contributed by atoms with Crippen molar-refractivity contribution in [2.75, 3.05) is 14.1 Å². The molecule has 7 heteroatoms. The normalized spacial score (nSPS) is 16.3. The lowest BCUT2D eigenvalue weighted by atomic mass is 10.3. The number of rotatable bonds is 7. The van der Waals surface area contributed by atoms with Gasteiger partial charge in [0.1, 0.15) is 4.90 Å². The highest BCUT2D eigenvalue weighted by Crippen LogP contribution is 2.22. The first-order chi connectivity index (χ1) is 9.29. The summed E-state index contributed by atoms with van der Waals surface area (Å²) in [5, 5.41) is 4.86. The third-order valence-corrected chi connectivity index (χ3v) is 4.67. The second-order valence-corrected chi connectivity index (χ2v) is 7.47. The number of hydrogen-bond acceptors (Lipinski definition) is 4. The van der Waals surface area contributed by atoms with Crippen LogP contribution in [0, 0.1) is 0 Å². The summed E-state index contributed by atoms with van der Waals surface area (Å²) >= 11 is 0. The van der Waals surface area contributed by atoms with Crippen molar-refractivity contribution < 1.29 is 8.42 Å². The Morgan fingerprint density at radius 3 is 2.55 bits per heavy atom. The summed E-state index contributed by atoms with van der Waals surface area (Å²) in [6, 6.07) is 2.58. The molecule has 0 radical (unpaired) electrons. The minimum absolute atomic E-state index is 0.231. The lowest BCUT2D eigenvalue weighted by Gasteiger charge is -2.13. The molecule has 2 N–H and O–H groups in total. The average molecular weight is 300 g/mol. The monoisotopic (exact) mass is 300 g/mol. The highest BCUT2D eigenvalue weighted by Gasteiger charge is 2.23. The molecule has 1 aliphatic rings. The van der Waals surface area contributed by atoms with Gasteiger partial charge in [-0.05, 0) is 32.8 Å². The van der Waals surface area contributed by atoms with E-state index in [1.807, 2.05) is 4.57 Å². The molecule has 0 bridgehead atoms. The van der Waals surface area contributed by atoms with Crippen molar-refractivity contribution >= 4 is 10.0 Å². The second-order valence-electron chi connectivity index (χ2n) is 5.81. The van der Waals surface area contributed by atoms with E-state index >= 15 is 0 Å². The summed E-state index contributed by atoms with van der Waals surface area (Å²) in [5.41, 5.74) is 1.01. The van der Waals surface area contributed by atoms with E-state index in [-0.39, 0.29) is 6.04 Å². The van der Waals surface area contributed by atoms with Gasteiger partial charge in [0.15, 0.2) is 0 Å². The number of aromatic nitrogens is 1. The fraction of sp³-hybridized carbons (Fsp3) is 0.692. The summed E-state index contributed by atoms with van der Waals surface area (Å²) in [5.74, 6) is 0. The molecular formula is C13H24N4O2S. The Hall–Kier alpha value is -0.890. The highest BCUT2D eigenvalue weighted by atomic mass is 32.2. The molecule has 1 heterocycles. The summed E-state index contributed by atoms with van der Waals surface area (Å²) < 4.78 is 26.4. The van der Waals surface area contributed by atoms with Crippen LogP contribution in [0.15, 0.2) is 17.2 Å². The smallest absolute Gasteiger partial charge is 0.254 e. The third-order valence-electron chi connectivity index (χ3n) is 3.23. The predicted molar refractivity (Wildman–Crippen MR) is 78.7 cm³/mol. The molecule has 6 nitrogen and oxygen atoms in total. The highest BCUT2D eigenvalue weighted by molar-refractivity contribution is 7.89. The Balaban J connectivity index is 2.23. The molecule has 1 aliphatic carbocycles. The Kier molecular flexibility index (Phi) is 4.53. The van der Waals surface area contributed by atoms with Gasteiger partial charge in [-0.3, -0.25) is 0 Å². The molecule has 1 aromatic rings. The zero-order valence-electron chi connectivity index (χ0n) is 12.5. The van der Waals surface area contributed by atoms with Gasteiger partial charge in [-0.25, -0.2) is 13.4 Å². The number of nitrogens with zero attached hydrogens (tertiary/aromatic N) is 2. The molecule has 114 valence electrons. The Morgan fingerprint density at radius 1 is 1.40 bits per heavy atom. The summed E-state index contributed by atoms with van der Waals surface area (Å²) in [6.45, 7) is 4.81. The fourth-order valence-electron chi connectivity index (χ4n) is 2.10. The molecular weight excluding hydrogens is 276 g/mol. The number of hydrazine groups is 1. The van der Waals surface area contributed by atoms with Crippen LogP contribution in [0.3, 0.4) is 0 Å². The maximum atomic E-state index is 12.2. The zero-order valence-corrected chi connectivity index (χ0v) is 13.4. The van der Waals surface area contributed by atoms with Crippen LogP contribution in [0.2, 0.25) is 0 Å². The fourth-order valence-corrected chi connectivity index (χ4v) is 3.23. The van der Waals surface area contributed by atoms with Crippen LogP contribution in [0.5, 0.6) is 0 Å². The zero-order chi connectivity index (χ0) is 14.9. The van der Waals surface area contributed by atoms with E-state index in [0.717, 1.165) is 5.69 Å². The minimum atomic E-state index is -3.49. The molecule has 1 saturated carbocycles. The largest absolute Gasteiger partial charge is 0.346 e. The second kappa shape index (κ2) is 5.85. The van der Waals surface area contributed by atoms with E-state index in [9.17, 15) is 8.42 Å². The molecule has 0 amide bonds. The minimum Gasteiger partial charge on any atom is -0.346 e. The van der Waals surface area contributed by atoms with E-state index < -0.39 is 10.0 Å². The molecule has 0 atom stereocenters. The van der Waals surface area contributed by atoms with Gasteiger partial charge in [0, 0.05) is 44.6 Å². The molecule has 0 unspecified atom stereocenters. The van der Waals surface area contributed by atoms with Gasteiger partial charge in [-0.2, -0.15) is 0 Å². The van der Waals surface area contributed by atoms with E-state index in [4.69, 9.17) is 0 Å². The third kappa shape index (κ3) is 3.82. The van der Waals surface area contributed by atoms with Crippen molar-refractivity contribution in [3.63, 3.8) is 0 Å². The molecule has 0 aromatic carbocycles. The van der Waals surface area contributed by atoms with Gasteiger partial charge in [0.25, 0.3) is 10.0 Å². The van der Waals surface area contributed by atoms with Crippen molar-refractivity contribution in [3.05, 3.63) is 18.0 Å². The van der Waals surface area contributed by atoms with E-state index in [2.05, 4.69) is 24.0 Å². The van der Waals surface area contributed by atoms with Crippen LogP contribution in [0.25, 0.3) is 0 Å². The van der Waals surface area contributed by atoms with E-state index in [0.29, 0.717) is 17.5 Å².